The Morgan fingerprint density at radius 3 is 2.42 bits per heavy atom. The molecule has 0 bridgehead atoms. The van der Waals surface area contributed by atoms with Crippen molar-refractivity contribution >= 4 is 16.9 Å². The molecular formula is C26H24FN3O. The van der Waals surface area contributed by atoms with E-state index in [0.29, 0.717) is 19.0 Å². The molecule has 5 heteroatoms. The van der Waals surface area contributed by atoms with Crippen LogP contribution in [0.15, 0.2) is 78.9 Å². The standard InChI is InChI=1S/C26H24FN3O/c27-22-11-5-4-10-21(22)26(31)29(16-19-8-2-1-3-9-19)18-25-28-23-12-6-7-13-24(23)30(25)17-20-14-15-20/h1-13,20H,14-18H2. The maximum atomic E-state index is 14.4. The molecule has 1 aliphatic carbocycles. The molecule has 5 rings (SSSR count). The van der Waals surface area contributed by atoms with Crippen LogP contribution in [-0.2, 0) is 19.6 Å². The quantitative estimate of drug-likeness (QED) is 0.405. The van der Waals surface area contributed by atoms with Crippen LogP contribution in [0, 0.1) is 11.7 Å². The second-order valence-corrected chi connectivity index (χ2v) is 8.20. The first kappa shape index (κ1) is 19.5. The zero-order valence-corrected chi connectivity index (χ0v) is 17.2. The molecule has 1 fully saturated rings. The molecule has 0 saturated heterocycles. The lowest BCUT2D eigenvalue weighted by molar-refractivity contribution is 0.0719. The van der Waals surface area contributed by atoms with Crippen LogP contribution in [0.1, 0.15) is 34.6 Å². The van der Waals surface area contributed by atoms with Gasteiger partial charge in [0.15, 0.2) is 0 Å². The van der Waals surface area contributed by atoms with Gasteiger partial charge in [0.25, 0.3) is 5.91 Å². The first-order chi connectivity index (χ1) is 15.2. The van der Waals surface area contributed by atoms with Gasteiger partial charge in [0.2, 0.25) is 0 Å². The van der Waals surface area contributed by atoms with E-state index in [4.69, 9.17) is 4.98 Å². The monoisotopic (exact) mass is 413 g/mol. The summed E-state index contributed by atoms with van der Waals surface area (Å²) in [6, 6.07) is 24.0. The SMILES string of the molecule is O=C(c1ccccc1F)N(Cc1ccccc1)Cc1nc2ccccc2n1CC1CC1. The third kappa shape index (κ3) is 4.22. The van der Waals surface area contributed by atoms with Gasteiger partial charge in [0.1, 0.15) is 11.6 Å². The third-order valence-electron chi connectivity index (χ3n) is 5.81. The van der Waals surface area contributed by atoms with E-state index in [1.165, 1.54) is 18.9 Å². The molecule has 4 aromatic rings. The second-order valence-electron chi connectivity index (χ2n) is 8.20. The van der Waals surface area contributed by atoms with Gasteiger partial charge in [-0.3, -0.25) is 4.79 Å². The van der Waals surface area contributed by atoms with Crippen molar-refractivity contribution in [2.75, 3.05) is 0 Å². The average molecular weight is 413 g/mol. The lowest BCUT2D eigenvalue weighted by Crippen LogP contribution is -2.32. The number of carbonyl (C=O) groups excluding carboxylic acids is 1. The van der Waals surface area contributed by atoms with Crippen LogP contribution in [-0.4, -0.2) is 20.4 Å². The van der Waals surface area contributed by atoms with Crippen LogP contribution in [0.2, 0.25) is 0 Å². The fraction of sp³-hybridized carbons (Fsp3) is 0.231. The van der Waals surface area contributed by atoms with E-state index in [2.05, 4.69) is 10.6 Å². The lowest BCUT2D eigenvalue weighted by Gasteiger charge is -2.23. The number of carbonyl (C=O) groups is 1. The third-order valence-corrected chi connectivity index (χ3v) is 5.81. The maximum Gasteiger partial charge on any atom is 0.257 e. The molecule has 3 aromatic carbocycles. The number of amides is 1. The first-order valence-electron chi connectivity index (χ1n) is 10.7. The number of imidazole rings is 1. The molecule has 1 amide bonds. The summed E-state index contributed by atoms with van der Waals surface area (Å²) >= 11 is 0. The van der Waals surface area contributed by atoms with Crippen molar-refractivity contribution in [1.29, 1.82) is 0 Å². The molecule has 1 aromatic heterocycles. The molecule has 31 heavy (non-hydrogen) atoms. The van der Waals surface area contributed by atoms with Crippen LogP contribution in [0.5, 0.6) is 0 Å². The highest BCUT2D eigenvalue weighted by Gasteiger charge is 2.26. The zero-order valence-electron chi connectivity index (χ0n) is 17.2. The summed E-state index contributed by atoms with van der Waals surface area (Å²) in [6.45, 7) is 1.62. The van der Waals surface area contributed by atoms with E-state index in [0.717, 1.165) is 29.0 Å². The van der Waals surface area contributed by atoms with Gasteiger partial charge in [0.05, 0.1) is 23.1 Å². The lowest BCUT2D eigenvalue weighted by atomic mass is 10.1. The highest BCUT2D eigenvalue weighted by Crippen LogP contribution is 2.33. The largest absolute Gasteiger partial charge is 0.327 e. The van der Waals surface area contributed by atoms with E-state index in [1.54, 1.807) is 23.1 Å². The summed E-state index contributed by atoms with van der Waals surface area (Å²) in [4.78, 5) is 19.9. The van der Waals surface area contributed by atoms with Gasteiger partial charge in [-0.2, -0.15) is 0 Å². The summed E-state index contributed by atoms with van der Waals surface area (Å²) in [5.41, 5.74) is 3.10. The number of aromatic nitrogens is 2. The van der Waals surface area contributed by atoms with Crippen LogP contribution in [0.3, 0.4) is 0 Å². The van der Waals surface area contributed by atoms with Gasteiger partial charge in [-0.05, 0) is 48.6 Å². The van der Waals surface area contributed by atoms with Crippen LogP contribution < -0.4 is 0 Å². The fourth-order valence-electron chi connectivity index (χ4n) is 3.99. The Bertz CT molecular complexity index is 1210. The van der Waals surface area contributed by atoms with Gasteiger partial charge in [0, 0.05) is 13.1 Å². The van der Waals surface area contributed by atoms with Crippen molar-refractivity contribution in [2.24, 2.45) is 5.92 Å². The van der Waals surface area contributed by atoms with E-state index in [1.807, 2.05) is 48.5 Å². The number of halogens is 1. The van der Waals surface area contributed by atoms with E-state index in [9.17, 15) is 9.18 Å². The molecule has 0 aliphatic heterocycles. The number of fused-ring (bicyclic) bond motifs is 1. The number of hydrogen-bond donors (Lipinski definition) is 0. The Hall–Kier alpha value is -3.47. The Morgan fingerprint density at radius 2 is 1.65 bits per heavy atom. The molecule has 0 unspecified atom stereocenters. The Balaban J connectivity index is 1.52. The second kappa shape index (κ2) is 8.34. The smallest absolute Gasteiger partial charge is 0.257 e. The molecule has 0 N–H and O–H groups in total. The van der Waals surface area contributed by atoms with Crippen molar-refractivity contribution in [3.8, 4) is 0 Å². The highest BCUT2D eigenvalue weighted by atomic mass is 19.1. The molecule has 156 valence electrons. The molecule has 0 radical (unpaired) electrons. The Kier molecular flexibility index (Phi) is 5.24. The Morgan fingerprint density at radius 1 is 0.935 bits per heavy atom. The van der Waals surface area contributed by atoms with Gasteiger partial charge in [-0.1, -0.05) is 54.6 Å². The summed E-state index contributed by atoms with van der Waals surface area (Å²) in [5, 5.41) is 0. The van der Waals surface area contributed by atoms with Crippen molar-refractivity contribution < 1.29 is 9.18 Å². The summed E-state index contributed by atoms with van der Waals surface area (Å²) < 4.78 is 16.7. The van der Waals surface area contributed by atoms with Crippen molar-refractivity contribution in [3.05, 3.63) is 102 Å². The Labute approximate surface area is 181 Å². The number of benzene rings is 3. The fourth-order valence-corrected chi connectivity index (χ4v) is 3.99. The minimum Gasteiger partial charge on any atom is -0.327 e. The van der Waals surface area contributed by atoms with Gasteiger partial charge >= 0.3 is 0 Å². The van der Waals surface area contributed by atoms with Crippen LogP contribution in [0.25, 0.3) is 11.0 Å². The first-order valence-corrected chi connectivity index (χ1v) is 10.7. The van der Waals surface area contributed by atoms with Gasteiger partial charge in [-0.25, -0.2) is 9.37 Å². The predicted molar refractivity (Wildman–Crippen MR) is 119 cm³/mol. The molecular weight excluding hydrogens is 389 g/mol. The minimum atomic E-state index is -0.503. The molecule has 0 atom stereocenters. The van der Waals surface area contributed by atoms with Gasteiger partial charge < -0.3 is 9.47 Å². The minimum absolute atomic E-state index is 0.0864. The number of para-hydroxylation sites is 2. The van der Waals surface area contributed by atoms with E-state index < -0.39 is 5.82 Å². The van der Waals surface area contributed by atoms with Crippen molar-refractivity contribution in [3.63, 3.8) is 0 Å². The molecule has 1 aliphatic rings. The van der Waals surface area contributed by atoms with E-state index >= 15 is 0 Å². The number of rotatable bonds is 7. The van der Waals surface area contributed by atoms with E-state index in [-0.39, 0.29) is 11.5 Å². The average Bonchev–Trinajstić information content (AvgIpc) is 3.55. The van der Waals surface area contributed by atoms with Crippen molar-refractivity contribution in [2.45, 2.75) is 32.5 Å². The molecule has 1 heterocycles. The molecule has 0 spiro atoms. The summed E-state index contributed by atoms with van der Waals surface area (Å²) in [6.07, 6.45) is 2.46. The number of hydrogen-bond acceptors (Lipinski definition) is 2. The summed E-state index contributed by atoms with van der Waals surface area (Å²) in [5.74, 6) is 0.680. The van der Waals surface area contributed by atoms with Crippen LogP contribution >= 0.6 is 0 Å². The van der Waals surface area contributed by atoms with Crippen LogP contribution in [0.4, 0.5) is 4.39 Å². The topological polar surface area (TPSA) is 38.1 Å². The molecule has 4 nitrogen and oxygen atoms in total. The normalized spacial score (nSPS) is 13.5. The number of nitrogens with zero attached hydrogens (tertiary/aromatic N) is 3. The predicted octanol–water partition coefficient (Wildman–Crippen LogP) is 5.43. The summed E-state index contributed by atoms with van der Waals surface area (Å²) in [7, 11) is 0. The maximum absolute atomic E-state index is 14.4. The van der Waals surface area contributed by atoms with Crippen molar-refractivity contribution in [1.82, 2.24) is 14.5 Å². The van der Waals surface area contributed by atoms with Gasteiger partial charge in [-0.15, -0.1) is 0 Å². The zero-order chi connectivity index (χ0) is 21.2. The molecule has 1 saturated carbocycles. The highest BCUT2D eigenvalue weighted by molar-refractivity contribution is 5.94.